The second-order valence-corrected chi connectivity index (χ2v) is 6.65. The Morgan fingerprint density at radius 1 is 1.36 bits per heavy atom. The van der Waals surface area contributed by atoms with Gasteiger partial charge in [0.1, 0.15) is 5.82 Å². The lowest BCUT2D eigenvalue weighted by Gasteiger charge is -2.23. The van der Waals surface area contributed by atoms with Crippen LogP contribution in [0.1, 0.15) is 38.7 Å². The fourth-order valence-electron chi connectivity index (χ4n) is 2.90. The van der Waals surface area contributed by atoms with E-state index in [9.17, 15) is 9.18 Å². The van der Waals surface area contributed by atoms with Crippen molar-refractivity contribution in [3.63, 3.8) is 0 Å². The molecule has 1 heterocycles. The van der Waals surface area contributed by atoms with E-state index in [4.69, 9.17) is 0 Å². The van der Waals surface area contributed by atoms with Gasteiger partial charge in [-0.2, -0.15) is 0 Å². The van der Waals surface area contributed by atoms with E-state index in [1.165, 1.54) is 18.6 Å². The molecule has 2 unspecified atom stereocenters. The van der Waals surface area contributed by atoms with Crippen LogP contribution in [0, 0.1) is 17.7 Å². The molecule has 2 N–H and O–H groups in total. The van der Waals surface area contributed by atoms with Crippen LogP contribution in [0.2, 0.25) is 0 Å². The number of benzene rings is 1. The smallest absolute Gasteiger partial charge is 0.220 e. The summed E-state index contributed by atoms with van der Waals surface area (Å²) in [5, 5.41) is 6.48. The topological polar surface area (TPSA) is 41.1 Å². The van der Waals surface area contributed by atoms with E-state index >= 15 is 0 Å². The molecular formula is C18H27FN2O. The van der Waals surface area contributed by atoms with Crippen molar-refractivity contribution in [1.29, 1.82) is 0 Å². The normalized spacial score (nSPS) is 19.4. The van der Waals surface area contributed by atoms with Gasteiger partial charge >= 0.3 is 0 Å². The SMILES string of the molecule is CC(C)C(Cc1ccc(F)cc1)NC(=O)CCC1CCNC1. The van der Waals surface area contributed by atoms with E-state index < -0.39 is 0 Å². The number of nitrogens with one attached hydrogen (secondary N) is 2. The van der Waals surface area contributed by atoms with Crippen LogP contribution in [0.3, 0.4) is 0 Å². The van der Waals surface area contributed by atoms with Gasteiger partial charge < -0.3 is 10.6 Å². The lowest BCUT2D eigenvalue weighted by atomic mass is 9.95. The fourth-order valence-corrected chi connectivity index (χ4v) is 2.90. The van der Waals surface area contributed by atoms with Gasteiger partial charge in [-0.15, -0.1) is 0 Å². The zero-order chi connectivity index (χ0) is 15.9. The Morgan fingerprint density at radius 3 is 2.68 bits per heavy atom. The first-order valence-corrected chi connectivity index (χ1v) is 8.29. The number of hydrogen-bond donors (Lipinski definition) is 2. The van der Waals surface area contributed by atoms with Gasteiger partial charge in [0.05, 0.1) is 0 Å². The van der Waals surface area contributed by atoms with Crippen molar-refractivity contribution in [1.82, 2.24) is 10.6 Å². The van der Waals surface area contributed by atoms with Crippen LogP contribution in [0.15, 0.2) is 24.3 Å². The van der Waals surface area contributed by atoms with E-state index in [0.717, 1.165) is 31.5 Å². The third kappa shape index (κ3) is 5.41. The predicted octanol–water partition coefficient (Wildman–Crippen LogP) is 2.90. The summed E-state index contributed by atoms with van der Waals surface area (Å²) in [6.45, 7) is 6.33. The van der Waals surface area contributed by atoms with Crippen LogP contribution in [-0.4, -0.2) is 25.0 Å². The second-order valence-electron chi connectivity index (χ2n) is 6.65. The van der Waals surface area contributed by atoms with Crippen molar-refractivity contribution < 1.29 is 9.18 Å². The maximum Gasteiger partial charge on any atom is 0.220 e. The Hall–Kier alpha value is -1.42. The van der Waals surface area contributed by atoms with Crippen LogP contribution in [0.4, 0.5) is 4.39 Å². The van der Waals surface area contributed by atoms with Crippen LogP contribution in [0.25, 0.3) is 0 Å². The average molecular weight is 306 g/mol. The molecule has 0 bridgehead atoms. The predicted molar refractivity (Wildman–Crippen MR) is 87.1 cm³/mol. The minimum Gasteiger partial charge on any atom is -0.353 e. The van der Waals surface area contributed by atoms with Crippen LogP contribution in [0.5, 0.6) is 0 Å². The summed E-state index contributed by atoms with van der Waals surface area (Å²) in [5.74, 6) is 0.897. The van der Waals surface area contributed by atoms with Gasteiger partial charge in [-0.05, 0) is 61.9 Å². The van der Waals surface area contributed by atoms with Gasteiger partial charge in [0.25, 0.3) is 0 Å². The molecule has 1 saturated heterocycles. The summed E-state index contributed by atoms with van der Waals surface area (Å²) in [4.78, 5) is 12.2. The van der Waals surface area contributed by atoms with Crippen molar-refractivity contribution in [2.45, 2.75) is 45.6 Å². The van der Waals surface area contributed by atoms with Crippen LogP contribution < -0.4 is 10.6 Å². The zero-order valence-corrected chi connectivity index (χ0v) is 13.6. The summed E-state index contributed by atoms with van der Waals surface area (Å²) < 4.78 is 13.0. The molecule has 1 amide bonds. The minimum atomic E-state index is -0.223. The van der Waals surface area contributed by atoms with Crippen molar-refractivity contribution in [3.05, 3.63) is 35.6 Å². The molecule has 0 aromatic heterocycles. The number of rotatable bonds is 7. The molecule has 1 fully saturated rings. The third-order valence-electron chi connectivity index (χ3n) is 4.46. The lowest BCUT2D eigenvalue weighted by molar-refractivity contribution is -0.122. The molecule has 0 saturated carbocycles. The molecule has 1 aliphatic heterocycles. The van der Waals surface area contributed by atoms with E-state index in [2.05, 4.69) is 24.5 Å². The third-order valence-corrected chi connectivity index (χ3v) is 4.46. The Kier molecular flexibility index (Phi) is 6.37. The molecule has 22 heavy (non-hydrogen) atoms. The van der Waals surface area contributed by atoms with Gasteiger partial charge in [-0.25, -0.2) is 4.39 Å². The largest absolute Gasteiger partial charge is 0.353 e. The molecule has 1 aromatic rings. The molecule has 3 nitrogen and oxygen atoms in total. The zero-order valence-electron chi connectivity index (χ0n) is 13.6. The Labute approximate surface area is 132 Å². The molecule has 2 atom stereocenters. The maximum absolute atomic E-state index is 13.0. The molecule has 122 valence electrons. The number of halogens is 1. The standard InChI is InChI=1S/C18H27FN2O/c1-13(2)17(11-14-3-6-16(19)7-4-14)21-18(22)8-5-15-9-10-20-12-15/h3-4,6-7,13,15,17,20H,5,8-12H2,1-2H3,(H,21,22). The highest BCUT2D eigenvalue weighted by Crippen LogP contribution is 2.15. The summed E-state index contributed by atoms with van der Waals surface area (Å²) in [7, 11) is 0. The molecule has 0 radical (unpaired) electrons. The summed E-state index contributed by atoms with van der Waals surface area (Å²) in [6, 6.07) is 6.63. The highest BCUT2D eigenvalue weighted by molar-refractivity contribution is 5.76. The van der Waals surface area contributed by atoms with Gasteiger partial charge in [0.15, 0.2) is 0 Å². The first kappa shape index (κ1) is 16.9. The second kappa shape index (κ2) is 8.28. The van der Waals surface area contributed by atoms with E-state index in [-0.39, 0.29) is 17.8 Å². The molecule has 1 aliphatic rings. The molecule has 1 aromatic carbocycles. The quantitative estimate of drug-likeness (QED) is 0.813. The Balaban J connectivity index is 1.82. The lowest BCUT2D eigenvalue weighted by Crippen LogP contribution is -2.40. The summed E-state index contributed by atoms with van der Waals surface area (Å²) in [5.41, 5.74) is 1.06. The number of carbonyl (C=O) groups is 1. The highest BCUT2D eigenvalue weighted by Gasteiger charge is 2.19. The van der Waals surface area contributed by atoms with Crippen molar-refractivity contribution >= 4 is 5.91 Å². The molecule has 0 aliphatic carbocycles. The first-order valence-electron chi connectivity index (χ1n) is 8.29. The summed E-state index contributed by atoms with van der Waals surface area (Å²) in [6.07, 6.45) is 3.48. The molecule has 0 spiro atoms. The minimum absolute atomic E-state index is 0.0969. The Morgan fingerprint density at radius 2 is 2.09 bits per heavy atom. The highest BCUT2D eigenvalue weighted by atomic mass is 19.1. The first-order chi connectivity index (χ1) is 10.5. The van der Waals surface area contributed by atoms with Crippen molar-refractivity contribution in [2.24, 2.45) is 11.8 Å². The molecule has 4 heteroatoms. The van der Waals surface area contributed by atoms with Gasteiger partial charge in [0, 0.05) is 12.5 Å². The van der Waals surface area contributed by atoms with E-state index in [0.29, 0.717) is 18.3 Å². The van der Waals surface area contributed by atoms with E-state index in [1.807, 2.05) is 0 Å². The molecule has 2 rings (SSSR count). The monoisotopic (exact) mass is 306 g/mol. The van der Waals surface area contributed by atoms with Gasteiger partial charge in [0.2, 0.25) is 5.91 Å². The number of amides is 1. The molecular weight excluding hydrogens is 279 g/mol. The van der Waals surface area contributed by atoms with Crippen molar-refractivity contribution in [3.8, 4) is 0 Å². The van der Waals surface area contributed by atoms with Gasteiger partial charge in [-0.1, -0.05) is 26.0 Å². The summed E-state index contributed by atoms with van der Waals surface area (Å²) >= 11 is 0. The fraction of sp³-hybridized carbons (Fsp3) is 0.611. The van der Waals surface area contributed by atoms with Gasteiger partial charge in [-0.3, -0.25) is 4.79 Å². The number of carbonyl (C=O) groups excluding carboxylic acids is 1. The maximum atomic E-state index is 13.0. The Bertz CT molecular complexity index is 466. The van der Waals surface area contributed by atoms with Crippen molar-refractivity contribution in [2.75, 3.05) is 13.1 Å². The average Bonchev–Trinajstić information content (AvgIpc) is 3.00. The van der Waals surface area contributed by atoms with Crippen LogP contribution >= 0.6 is 0 Å². The number of hydrogen-bond acceptors (Lipinski definition) is 2. The van der Waals surface area contributed by atoms with Crippen LogP contribution in [-0.2, 0) is 11.2 Å². The van der Waals surface area contributed by atoms with E-state index in [1.54, 1.807) is 12.1 Å².